The molecule has 2 aromatic rings. The number of carbonyl (C=O) groups excluding carboxylic acids is 1. The monoisotopic (exact) mass is 336 g/mol. The Hall–Kier alpha value is -1.65. The third-order valence-corrected chi connectivity index (χ3v) is 5.42. The lowest BCUT2D eigenvalue weighted by Gasteiger charge is -2.05. The van der Waals surface area contributed by atoms with Gasteiger partial charge in [-0.1, -0.05) is 42.8 Å². The molecule has 3 nitrogen and oxygen atoms in total. The smallest absolute Gasteiger partial charge is 0.193 e. The number of hydrogen-bond acceptors (Lipinski definition) is 3. The standard InChI is InChI=1S/C17H17ClO3S/c1-2-22(20,21)12-11-13-3-5-14(6-4-13)17(19)15-7-9-16(18)10-8-15/h3-10H,2,11-12H2,1H3. The zero-order chi connectivity index (χ0) is 16.2. The summed E-state index contributed by atoms with van der Waals surface area (Å²) < 4.78 is 23.0. The Balaban J connectivity index is 2.08. The predicted octanol–water partition coefficient (Wildman–Crippen LogP) is 3.55. The zero-order valence-corrected chi connectivity index (χ0v) is 13.8. The van der Waals surface area contributed by atoms with Crippen molar-refractivity contribution in [3.63, 3.8) is 0 Å². The van der Waals surface area contributed by atoms with Crippen LogP contribution in [0.1, 0.15) is 28.4 Å². The third-order valence-electron chi connectivity index (χ3n) is 3.46. The lowest BCUT2D eigenvalue weighted by Crippen LogP contribution is -2.11. The normalized spacial score (nSPS) is 11.4. The average molecular weight is 337 g/mol. The minimum absolute atomic E-state index is 0.0793. The summed E-state index contributed by atoms with van der Waals surface area (Å²) in [5.74, 6) is 0.207. The van der Waals surface area contributed by atoms with Crippen LogP contribution in [0.5, 0.6) is 0 Å². The molecule has 0 saturated carbocycles. The summed E-state index contributed by atoms with van der Waals surface area (Å²) in [5.41, 5.74) is 2.06. The van der Waals surface area contributed by atoms with Crippen LogP contribution in [-0.4, -0.2) is 25.7 Å². The first-order valence-corrected chi connectivity index (χ1v) is 9.21. The van der Waals surface area contributed by atoms with Gasteiger partial charge in [-0.2, -0.15) is 0 Å². The van der Waals surface area contributed by atoms with E-state index < -0.39 is 9.84 Å². The van der Waals surface area contributed by atoms with Crippen LogP contribution >= 0.6 is 11.6 Å². The molecule has 116 valence electrons. The van der Waals surface area contributed by atoms with Gasteiger partial charge < -0.3 is 0 Å². The molecule has 5 heteroatoms. The molecule has 0 heterocycles. The van der Waals surface area contributed by atoms with Crippen LogP contribution in [0.15, 0.2) is 48.5 Å². The van der Waals surface area contributed by atoms with Crippen molar-refractivity contribution in [2.75, 3.05) is 11.5 Å². The fraction of sp³-hybridized carbons (Fsp3) is 0.235. The molecule has 0 bridgehead atoms. The summed E-state index contributed by atoms with van der Waals surface area (Å²) in [6.07, 6.45) is 0.464. The highest BCUT2D eigenvalue weighted by molar-refractivity contribution is 7.91. The largest absolute Gasteiger partial charge is 0.289 e. The molecule has 22 heavy (non-hydrogen) atoms. The molecule has 0 N–H and O–H groups in total. The number of sulfone groups is 1. The van der Waals surface area contributed by atoms with Gasteiger partial charge in [0.05, 0.1) is 5.75 Å². The van der Waals surface area contributed by atoms with E-state index in [1.54, 1.807) is 55.5 Å². The topological polar surface area (TPSA) is 51.2 Å². The molecule has 2 aromatic carbocycles. The Kier molecular flexibility index (Phi) is 5.37. The summed E-state index contributed by atoms with van der Waals surface area (Å²) in [4.78, 5) is 12.3. The van der Waals surface area contributed by atoms with Gasteiger partial charge in [0.15, 0.2) is 5.78 Å². The summed E-state index contributed by atoms with van der Waals surface area (Å²) in [5, 5.41) is 0.587. The Bertz CT molecular complexity index is 747. The third kappa shape index (κ3) is 4.42. The molecule has 0 spiro atoms. The summed E-state index contributed by atoms with van der Waals surface area (Å²) in [6.45, 7) is 1.64. The molecule has 2 rings (SSSR count). The quantitative estimate of drug-likeness (QED) is 0.758. The van der Waals surface area contributed by atoms with Gasteiger partial charge in [0.1, 0.15) is 9.84 Å². The Morgan fingerprint density at radius 2 is 1.45 bits per heavy atom. The molecule has 0 fully saturated rings. The first-order valence-electron chi connectivity index (χ1n) is 7.01. The molecule has 0 aliphatic carbocycles. The van der Waals surface area contributed by atoms with Crippen LogP contribution < -0.4 is 0 Å². The second-order valence-electron chi connectivity index (χ2n) is 5.02. The van der Waals surface area contributed by atoms with Gasteiger partial charge in [-0.25, -0.2) is 8.42 Å². The van der Waals surface area contributed by atoms with E-state index in [0.717, 1.165) is 5.56 Å². The van der Waals surface area contributed by atoms with Crippen LogP contribution in [0.25, 0.3) is 0 Å². The molecule has 0 saturated heterocycles. The van der Waals surface area contributed by atoms with Gasteiger partial charge in [-0.05, 0) is 36.2 Å². The van der Waals surface area contributed by atoms with Gasteiger partial charge >= 0.3 is 0 Å². The molecular formula is C17H17ClO3S. The molecule has 0 aliphatic heterocycles. The van der Waals surface area contributed by atoms with Crippen molar-refractivity contribution in [2.24, 2.45) is 0 Å². The first-order chi connectivity index (χ1) is 10.4. The van der Waals surface area contributed by atoms with Crippen LogP contribution in [0.4, 0.5) is 0 Å². The molecule has 0 aromatic heterocycles. The van der Waals surface area contributed by atoms with Crippen molar-refractivity contribution in [2.45, 2.75) is 13.3 Å². The zero-order valence-electron chi connectivity index (χ0n) is 12.3. The van der Waals surface area contributed by atoms with Gasteiger partial charge in [0.2, 0.25) is 0 Å². The van der Waals surface area contributed by atoms with Gasteiger partial charge in [-0.3, -0.25) is 4.79 Å². The number of aryl methyl sites for hydroxylation is 1. The maximum Gasteiger partial charge on any atom is 0.193 e. The number of hydrogen-bond donors (Lipinski definition) is 0. The Morgan fingerprint density at radius 3 is 1.95 bits per heavy atom. The summed E-state index contributed by atoms with van der Waals surface area (Å²) >= 11 is 5.81. The lowest BCUT2D eigenvalue weighted by molar-refractivity contribution is 0.103. The van der Waals surface area contributed by atoms with Crippen molar-refractivity contribution in [3.8, 4) is 0 Å². The molecule has 0 unspecified atom stereocenters. The maximum absolute atomic E-state index is 12.3. The highest BCUT2D eigenvalue weighted by atomic mass is 35.5. The number of benzene rings is 2. The minimum atomic E-state index is -2.97. The number of rotatable bonds is 6. The molecule has 0 atom stereocenters. The second-order valence-corrected chi connectivity index (χ2v) is 7.93. The SMILES string of the molecule is CCS(=O)(=O)CCc1ccc(C(=O)c2ccc(Cl)cc2)cc1. The van der Waals surface area contributed by atoms with Gasteiger partial charge in [0, 0.05) is 21.9 Å². The number of halogens is 1. The van der Waals surface area contributed by atoms with E-state index in [2.05, 4.69) is 0 Å². The minimum Gasteiger partial charge on any atom is -0.289 e. The van der Waals surface area contributed by atoms with Crippen molar-refractivity contribution in [1.29, 1.82) is 0 Å². The predicted molar refractivity (Wildman–Crippen MR) is 89.4 cm³/mol. The molecule has 0 aliphatic rings. The van der Waals surface area contributed by atoms with Crippen LogP contribution in [-0.2, 0) is 16.3 Å². The average Bonchev–Trinajstić information content (AvgIpc) is 2.54. The number of ketones is 1. The van der Waals surface area contributed by atoms with Crippen LogP contribution in [0, 0.1) is 0 Å². The highest BCUT2D eigenvalue weighted by Crippen LogP contribution is 2.15. The molecule has 0 radical (unpaired) electrons. The second kappa shape index (κ2) is 7.07. The van der Waals surface area contributed by atoms with E-state index in [0.29, 0.717) is 22.6 Å². The van der Waals surface area contributed by atoms with Crippen molar-refractivity contribution >= 4 is 27.2 Å². The van der Waals surface area contributed by atoms with Crippen molar-refractivity contribution in [3.05, 3.63) is 70.2 Å². The lowest BCUT2D eigenvalue weighted by atomic mass is 10.0. The van der Waals surface area contributed by atoms with E-state index in [9.17, 15) is 13.2 Å². The van der Waals surface area contributed by atoms with E-state index in [4.69, 9.17) is 11.6 Å². The summed E-state index contributed by atoms with van der Waals surface area (Å²) in [7, 11) is -2.97. The first kappa shape index (κ1) is 16.7. The van der Waals surface area contributed by atoms with E-state index in [1.165, 1.54) is 0 Å². The fourth-order valence-electron chi connectivity index (χ4n) is 2.01. The van der Waals surface area contributed by atoms with E-state index in [-0.39, 0.29) is 17.3 Å². The number of carbonyl (C=O) groups is 1. The fourth-order valence-corrected chi connectivity index (χ4v) is 2.97. The summed E-state index contributed by atoms with van der Waals surface area (Å²) in [6, 6.07) is 13.8. The van der Waals surface area contributed by atoms with E-state index >= 15 is 0 Å². The maximum atomic E-state index is 12.3. The van der Waals surface area contributed by atoms with Crippen LogP contribution in [0.2, 0.25) is 5.02 Å². The van der Waals surface area contributed by atoms with Crippen LogP contribution in [0.3, 0.4) is 0 Å². The van der Waals surface area contributed by atoms with E-state index in [1.807, 2.05) is 0 Å². The Morgan fingerprint density at radius 1 is 0.955 bits per heavy atom. The molecule has 0 amide bonds. The van der Waals surface area contributed by atoms with Gasteiger partial charge in [0.25, 0.3) is 0 Å². The van der Waals surface area contributed by atoms with Crippen molar-refractivity contribution < 1.29 is 13.2 Å². The van der Waals surface area contributed by atoms with Gasteiger partial charge in [-0.15, -0.1) is 0 Å². The molecular weight excluding hydrogens is 320 g/mol. The highest BCUT2D eigenvalue weighted by Gasteiger charge is 2.10. The Labute approximate surface area is 135 Å². The van der Waals surface area contributed by atoms with Crippen molar-refractivity contribution in [1.82, 2.24) is 0 Å².